The van der Waals surface area contributed by atoms with Crippen molar-refractivity contribution in [3.8, 4) is 11.1 Å². The Morgan fingerprint density at radius 1 is 1.08 bits per heavy atom. The molecule has 0 spiro atoms. The van der Waals surface area contributed by atoms with E-state index in [0.717, 1.165) is 16.7 Å². The van der Waals surface area contributed by atoms with E-state index in [-0.39, 0.29) is 5.92 Å². The smallest absolute Gasteiger partial charge is 0.407 e. The summed E-state index contributed by atoms with van der Waals surface area (Å²) in [7, 11) is 0. The lowest BCUT2D eigenvalue weighted by molar-refractivity contribution is 0.0578. The molecule has 0 bridgehead atoms. The summed E-state index contributed by atoms with van der Waals surface area (Å²) in [5.41, 5.74) is 2.88. The first kappa shape index (κ1) is 16.8. The Morgan fingerprint density at radius 2 is 1.71 bits per heavy atom. The fraction of sp³-hybridized carbons (Fsp3) is 0.316. The zero-order chi connectivity index (χ0) is 17.1. The van der Waals surface area contributed by atoms with Gasteiger partial charge < -0.3 is 15.1 Å². The maximum atomic E-state index is 11.0. The number of amides is 1. The van der Waals surface area contributed by atoms with Gasteiger partial charge in [0.05, 0.1) is 6.10 Å². The van der Waals surface area contributed by atoms with Crippen molar-refractivity contribution in [2.24, 2.45) is 5.92 Å². The Kier molecular flexibility index (Phi) is 5.07. The van der Waals surface area contributed by atoms with Crippen molar-refractivity contribution >= 4 is 17.7 Å². The van der Waals surface area contributed by atoms with E-state index in [2.05, 4.69) is 0 Å². The Hall–Kier alpha value is -2.04. The van der Waals surface area contributed by atoms with Gasteiger partial charge in [0, 0.05) is 18.1 Å². The number of likely N-dealkylation sites (tertiary alicyclic amines) is 1. The highest BCUT2D eigenvalue weighted by atomic mass is 35.5. The number of carbonyl (C=O) groups is 1. The molecule has 0 radical (unpaired) electrons. The van der Waals surface area contributed by atoms with Crippen LogP contribution in [-0.2, 0) is 0 Å². The number of aliphatic hydroxyl groups is 1. The molecule has 126 valence electrons. The summed E-state index contributed by atoms with van der Waals surface area (Å²) < 4.78 is 0. The van der Waals surface area contributed by atoms with E-state index in [0.29, 0.717) is 31.0 Å². The molecule has 3 rings (SSSR count). The molecule has 4 nitrogen and oxygen atoms in total. The van der Waals surface area contributed by atoms with Crippen molar-refractivity contribution in [1.29, 1.82) is 0 Å². The van der Waals surface area contributed by atoms with Crippen molar-refractivity contribution in [2.45, 2.75) is 18.9 Å². The second-order valence-electron chi connectivity index (χ2n) is 6.15. The van der Waals surface area contributed by atoms with Gasteiger partial charge in [-0.15, -0.1) is 0 Å². The van der Waals surface area contributed by atoms with Crippen LogP contribution in [0.5, 0.6) is 0 Å². The molecule has 2 N–H and O–H groups in total. The SMILES string of the molecule is O=C(O)N1CCC(C(O)c2ccccc2-c2ccc(Cl)cc2)CC1. The van der Waals surface area contributed by atoms with Gasteiger partial charge in [0.25, 0.3) is 0 Å². The molecule has 1 atom stereocenters. The maximum Gasteiger partial charge on any atom is 0.407 e. The Labute approximate surface area is 146 Å². The van der Waals surface area contributed by atoms with E-state index < -0.39 is 12.2 Å². The molecule has 24 heavy (non-hydrogen) atoms. The van der Waals surface area contributed by atoms with Crippen molar-refractivity contribution < 1.29 is 15.0 Å². The molecule has 1 heterocycles. The highest BCUT2D eigenvalue weighted by Crippen LogP contribution is 2.36. The van der Waals surface area contributed by atoms with Gasteiger partial charge in [-0.3, -0.25) is 0 Å². The first-order valence-electron chi connectivity index (χ1n) is 8.07. The average molecular weight is 346 g/mol. The van der Waals surface area contributed by atoms with Gasteiger partial charge in [-0.05, 0) is 47.6 Å². The van der Waals surface area contributed by atoms with Gasteiger partial charge in [0.1, 0.15) is 0 Å². The number of hydrogen-bond donors (Lipinski definition) is 2. The molecular formula is C19H20ClNO3. The molecule has 1 fully saturated rings. The quantitative estimate of drug-likeness (QED) is 0.865. The van der Waals surface area contributed by atoms with E-state index in [9.17, 15) is 9.90 Å². The third-order valence-electron chi connectivity index (χ3n) is 4.69. The van der Waals surface area contributed by atoms with Crippen LogP contribution in [0.4, 0.5) is 4.79 Å². The van der Waals surface area contributed by atoms with Gasteiger partial charge in [0.15, 0.2) is 0 Å². The summed E-state index contributed by atoms with van der Waals surface area (Å²) in [4.78, 5) is 12.4. The number of hydrogen-bond acceptors (Lipinski definition) is 2. The zero-order valence-electron chi connectivity index (χ0n) is 13.2. The monoisotopic (exact) mass is 345 g/mol. The second-order valence-corrected chi connectivity index (χ2v) is 6.58. The summed E-state index contributed by atoms with van der Waals surface area (Å²) >= 11 is 5.96. The Bertz CT molecular complexity index is 709. The van der Waals surface area contributed by atoms with Gasteiger partial charge >= 0.3 is 6.09 Å². The maximum absolute atomic E-state index is 11.0. The van der Waals surface area contributed by atoms with Gasteiger partial charge in [-0.2, -0.15) is 0 Å². The highest BCUT2D eigenvalue weighted by molar-refractivity contribution is 6.30. The summed E-state index contributed by atoms with van der Waals surface area (Å²) in [6.07, 6.45) is -0.150. The lowest BCUT2D eigenvalue weighted by atomic mass is 9.84. The number of carboxylic acid groups (broad SMARTS) is 1. The minimum Gasteiger partial charge on any atom is -0.465 e. The molecule has 1 saturated heterocycles. The van der Waals surface area contributed by atoms with Crippen molar-refractivity contribution in [2.75, 3.05) is 13.1 Å². The summed E-state index contributed by atoms with van der Waals surface area (Å²) in [5, 5.41) is 20.6. The highest BCUT2D eigenvalue weighted by Gasteiger charge is 2.29. The van der Waals surface area contributed by atoms with Gasteiger partial charge in [-0.25, -0.2) is 4.79 Å². The second kappa shape index (κ2) is 7.24. The van der Waals surface area contributed by atoms with E-state index in [1.165, 1.54) is 4.90 Å². The van der Waals surface area contributed by atoms with Crippen LogP contribution in [0.15, 0.2) is 48.5 Å². The van der Waals surface area contributed by atoms with Crippen molar-refractivity contribution in [3.05, 3.63) is 59.1 Å². The van der Waals surface area contributed by atoms with E-state index in [4.69, 9.17) is 16.7 Å². The number of piperidine rings is 1. The normalized spacial score (nSPS) is 16.8. The standard InChI is InChI=1S/C19H20ClNO3/c20-15-7-5-13(6-8-15)16-3-1-2-4-17(16)18(22)14-9-11-21(12-10-14)19(23)24/h1-8,14,18,22H,9-12H2,(H,23,24). The molecule has 0 saturated carbocycles. The number of rotatable bonds is 3. The van der Waals surface area contributed by atoms with Crippen LogP contribution in [0.25, 0.3) is 11.1 Å². The fourth-order valence-electron chi connectivity index (χ4n) is 3.31. The minimum absolute atomic E-state index is 0.0639. The molecule has 2 aromatic carbocycles. The fourth-order valence-corrected chi connectivity index (χ4v) is 3.43. The molecule has 2 aromatic rings. The van der Waals surface area contributed by atoms with Crippen LogP contribution in [0.1, 0.15) is 24.5 Å². The summed E-state index contributed by atoms with van der Waals surface area (Å²) in [5.74, 6) is 0.0639. The molecule has 5 heteroatoms. The molecule has 1 unspecified atom stereocenters. The molecule has 1 amide bonds. The summed E-state index contributed by atoms with van der Waals surface area (Å²) in [6.45, 7) is 0.945. The number of nitrogens with zero attached hydrogens (tertiary/aromatic N) is 1. The molecule has 1 aliphatic rings. The summed E-state index contributed by atoms with van der Waals surface area (Å²) in [6, 6.07) is 15.4. The Morgan fingerprint density at radius 3 is 2.33 bits per heavy atom. The first-order chi connectivity index (χ1) is 11.6. The topological polar surface area (TPSA) is 60.8 Å². The third kappa shape index (κ3) is 3.55. The van der Waals surface area contributed by atoms with Crippen LogP contribution in [0, 0.1) is 5.92 Å². The van der Waals surface area contributed by atoms with Gasteiger partial charge in [-0.1, -0.05) is 48.0 Å². The van der Waals surface area contributed by atoms with Crippen molar-refractivity contribution in [3.63, 3.8) is 0 Å². The van der Waals surface area contributed by atoms with E-state index in [1.807, 2.05) is 48.5 Å². The van der Waals surface area contributed by atoms with Crippen LogP contribution in [0.2, 0.25) is 5.02 Å². The largest absolute Gasteiger partial charge is 0.465 e. The molecular weight excluding hydrogens is 326 g/mol. The number of benzene rings is 2. The van der Waals surface area contributed by atoms with E-state index >= 15 is 0 Å². The molecule has 0 aliphatic carbocycles. The molecule has 0 aromatic heterocycles. The molecule has 1 aliphatic heterocycles. The lowest BCUT2D eigenvalue weighted by Crippen LogP contribution is -2.38. The number of aliphatic hydroxyl groups excluding tert-OH is 1. The minimum atomic E-state index is -0.885. The first-order valence-corrected chi connectivity index (χ1v) is 8.45. The van der Waals surface area contributed by atoms with Gasteiger partial charge in [0.2, 0.25) is 0 Å². The van der Waals surface area contributed by atoms with Crippen LogP contribution >= 0.6 is 11.6 Å². The van der Waals surface area contributed by atoms with Crippen LogP contribution in [0.3, 0.4) is 0 Å². The van der Waals surface area contributed by atoms with Crippen LogP contribution < -0.4 is 0 Å². The zero-order valence-corrected chi connectivity index (χ0v) is 14.0. The predicted molar refractivity (Wildman–Crippen MR) is 94.2 cm³/mol. The average Bonchev–Trinajstić information content (AvgIpc) is 2.62. The van der Waals surface area contributed by atoms with Crippen LogP contribution in [-0.4, -0.2) is 34.3 Å². The Balaban J connectivity index is 1.82. The lowest BCUT2D eigenvalue weighted by Gasteiger charge is -2.33. The predicted octanol–water partition coefficient (Wildman–Crippen LogP) is 4.43. The van der Waals surface area contributed by atoms with E-state index in [1.54, 1.807) is 0 Å². The van der Waals surface area contributed by atoms with Crippen molar-refractivity contribution in [1.82, 2.24) is 4.90 Å². The third-order valence-corrected chi connectivity index (χ3v) is 4.94. The number of halogens is 1.